The van der Waals surface area contributed by atoms with E-state index in [1.807, 2.05) is 0 Å². The van der Waals surface area contributed by atoms with Crippen LogP contribution in [0.4, 0.5) is 0 Å². The Kier molecular flexibility index (Phi) is 31.1. The first kappa shape index (κ1) is 27.4. The number of halogens is 1. The average molecular weight is 534 g/mol. The monoisotopic (exact) mass is 534 g/mol. The molecule has 0 saturated heterocycles. The summed E-state index contributed by atoms with van der Waals surface area (Å²) < 4.78 is 43.3. The van der Waals surface area contributed by atoms with Crippen molar-refractivity contribution in [3.63, 3.8) is 0 Å². The fourth-order valence-electron chi connectivity index (χ4n) is 0.109. The van der Waals surface area contributed by atoms with Crippen molar-refractivity contribution < 1.29 is 72.6 Å². The molecule has 0 rings (SSSR count). The van der Waals surface area contributed by atoms with Crippen LogP contribution < -0.4 is 19.6 Å². The minimum absolute atomic E-state index is 0. The predicted octanol–water partition coefficient (Wildman–Crippen LogP) is -1.75. The molecule has 0 aliphatic heterocycles. The SMILES string of the molecule is O=[P+]([O-])O[P+](=O)[O-].O=[P+]([O-])O[P+](=O)[O-].OCCl.[W]. The van der Waals surface area contributed by atoms with Crippen molar-refractivity contribution in [3.8, 4) is 0 Å². The Morgan fingerprint density at radius 3 is 0.944 bits per heavy atom. The largest absolute Gasteiger partial charge is 0.563 e. The van der Waals surface area contributed by atoms with Gasteiger partial charge in [-0.15, -0.1) is 0 Å². The number of hydrogen-bond donors (Lipinski definition) is 1. The van der Waals surface area contributed by atoms with E-state index < -0.39 is 33.0 Å². The summed E-state index contributed by atoms with van der Waals surface area (Å²) in [5, 5.41) is 7.33. The fraction of sp³-hybridized carbons (Fsp3) is 1.00. The van der Waals surface area contributed by atoms with Gasteiger partial charge in [0.2, 0.25) is 0 Å². The molecule has 11 nitrogen and oxygen atoms in total. The third-order valence-corrected chi connectivity index (χ3v) is 2.40. The topological polar surface area (TPSA) is 199 Å². The second kappa shape index (κ2) is 20.4. The van der Waals surface area contributed by atoms with E-state index in [2.05, 4.69) is 20.2 Å². The quantitative estimate of drug-likeness (QED) is 0.317. The standard InChI is InChI=1S/CH3ClO.2O5P2.W/c2-1-3;2*1-6(2)5-7(3)4;/h3H,1H2;;;. The first-order valence-corrected chi connectivity index (χ1v) is 7.69. The van der Waals surface area contributed by atoms with Crippen LogP contribution in [0, 0.1) is 0 Å². The molecular formula is CH3ClO11P4W. The fourth-order valence-corrected chi connectivity index (χ4v) is 0.980. The van der Waals surface area contributed by atoms with Crippen LogP contribution in [0.2, 0.25) is 0 Å². The molecule has 1 N–H and O–H groups in total. The molecule has 0 spiro atoms. The first-order chi connectivity index (χ1) is 7.67. The Labute approximate surface area is 123 Å². The van der Waals surface area contributed by atoms with E-state index in [1.165, 1.54) is 0 Å². The molecule has 0 aliphatic carbocycles. The van der Waals surface area contributed by atoms with E-state index in [0.717, 1.165) is 0 Å². The van der Waals surface area contributed by atoms with Gasteiger partial charge in [0, 0.05) is 21.1 Å². The zero-order valence-corrected chi connectivity index (χ0v) is 15.1. The van der Waals surface area contributed by atoms with Gasteiger partial charge in [0.15, 0.2) is 0 Å². The molecule has 4 unspecified atom stereocenters. The number of hydrogen-bond acceptors (Lipinski definition) is 11. The minimum Gasteiger partial charge on any atom is -0.563 e. The van der Waals surface area contributed by atoms with E-state index in [9.17, 15) is 37.8 Å². The molecule has 17 heteroatoms. The molecule has 0 radical (unpaired) electrons. The van der Waals surface area contributed by atoms with Crippen LogP contribution in [-0.2, 0) is 47.9 Å². The maximum absolute atomic E-state index is 9.24. The van der Waals surface area contributed by atoms with Crippen molar-refractivity contribution in [2.24, 2.45) is 0 Å². The Hall–Kier alpha value is 1.10. The van der Waals surface area contributed by atoms with Crippen LogP contribution in [-0.4, -0.2) is 11.2 Å². The summed E-state index contributed by atoms with van der Waals surface area (Å²) in [4.78, 5) is 37.0. The van der Waals surface area contributed by atoms with Gasteiger partial charge in [-0.25, -0.2) is 0 Å². The van der Waals surface area contributed by atoms with Gasteiger partial charge in [-0.05, 0) is 18.3 Å². The summed E-state index contributed by atoms with van der Waals surface area (Å²) in [5.74, 6) is 0. The van der Waals surface area contributed by atoms with Gasteiger partial charge in [-0.3, -0.25) is 0 Å². The van der Waals surface area contributed by atoms with Crippen LogP contribution in [0.5, 0.6) is 0 Å². The summed E-state index contributed by atoms with van der Waals surface area (Å²) in [6.07, 6.45) is 0. The van der Waals surface area contributed by atoms with Crippen molar-refractivity contribution in [1.82, 2.24) is 0 Å². The van der Waals surface area contributed by atoms with Crippen LogP contribution >= 0.6 is 44.6 Å². The second-order valence-electron chi connectivity index (χ2n) is 1.18. The van der Waals surface area contributed by atoms with Gasteiger partial charge in [0.1, 0.15) is 14.7 Å². The molecule has 4 atom stereocenters. The molecular weight excluding hydrogens is 531 g/mol. The third kappa shape index (κ3) is 53.5. The van der Waals surface area contributed by atoms with E-state index in [4.69, 9.17) is 5.11 Å². The molecule has 18 heavy (non-hydrogen) atoms. The molecule has 0 aromatic carbocycles. The maximum Gasteiger partial charge on any atom is 0.543 e. The normalized spacial score (nSPS) is 11.4. The summed E-state index contributed by atoms with van der Waals surface area (Å²) in [5.41, 5.74) is 0. The zero-order chi connectivity index (χ0) is 14.4. The molecule has 0 aromatic rings. The van der Waals surface area contributed by atoms with Crippen molar-refractivity contribution in [1.29, 1.82) is 0 Å². The summed E-state index contributed by atoms with van der Waals surface area (Å²) >= 11 is 4.55. The summed E-state index contributed by atoms with van der Waals surface area (Å²) in [6.45, 7) is 0. The Bertz CT molecular complexity index is 220. The molecule has 106 valence electrons. The molecule has 0 bridgehead atoms. The summed E-state index contributed by atoms with van der Waals surface area (Å²) in [7, 11) is -12.9. The first-order valence-electron chi connectivity index (χ1n) is 2.77. The third-order valence-electron chi connectivity index (χ3n) is 0.267. The number of aliphatic hydroxyl groups is 1. The smallest absolute Gasteiger partial charge is 0.543 e. The molecule has 0 amide bonds. The molecule has 0 heterocycles. The molecule has 0 aromatic heterocycles. The van der Waals surface area contributed by atoms with Crippen molar-refractivity contribution in [2.45, 2.75) is 0 Å². The van der Waals surface area contributed by atoms with Gasteiger partial charge < -0.3 is 24.7 Å². The van der Waals surface area contributed by atoms with Crippen molar-refractivity contribution in [3.05, 3.63) is 0 Å². The van der Waals surface area contributed by atoms with Crippen LogP contribution in [0.3, 0.4) is 0 Å². The Morgan fingerprint density at radius 1 is 0.833 bits per heavy atom. The van der Waals surface area contributed by atoms with Crippen molar-refractivity contribution in [2.75, 3.05) is 6.07 Å². The average Bonchev–Trinajstić information content (AvgIpc) is 1.99. The number of rotatable bonds is 4. The van der Waals surface area contributed by atoms with Crippen LogP contribution in [0.15, 0.2) is 0 Å². The number of aliphatic hydroxyl groups excluding tert-OH is 1. The van der Waals surface area contributed by atoms with E-state index in [0.29, 0.717) is 0 Å². The molecule has 0 fully saturated rings. The molecule has 0 aliphatic rings. The van der Waals surface area contributed by atoms with Gasteiger partial charge in [-0.1, -0.05) is 11.6 Å². The van der Waals surface area contributed by atoms with Gasteiger partial charge >= 0.3 is 33.0 Å². The second-order valence-corrected chi connectivity index (χ2v) is 4.51. The van der Waals surface area contributed by atoms with E-state index >= 15 is 0 Å². The summed E-state index contributed by atoms with van der Waals surface area (Å²) in [6, 6.07) is -0.278. The van der Waals surface area contributed by atoms with E-state index in [-0.39, 0.29) is 27.1 Å². The Morgan fingerprint density at radius 2 is 0.944 bits per heavy atom. The molecule has 0 saturated carbocycles. The minimum atomic E-state index is -3.24. The van der Waals surface area contributed by atoms with E-state index in [1.54, 1.807) is 0 Å². The van der Waals surface area contributed by atoms with Crippen LogP contribution in [0.25, 0.3) is 0 Å². The van der Waals surface area contributed by atoms with Gasteiger partial charge in [0.05, 0.1) is 0 Å². The Balaban J connectivity index is -0.0000000857. The van der Waals surface area contributed by atoms with Crippen molar-refractivity contribution >= 4 is 44.6 Å². The predicted molar refractivity (Wildman–Crippen MR) is 45.5 cm³/mol. The van der Waals surface area contributed by atoms with Crippen LogP contribution in [0.1, 0.15) is 0 Å². The number of alkyl halides is 1. The maximum atomic E-state index is 9.24. The van der Waals surface area contributed by atoms with Gasteiger partial charge in [-0.2, -0.15) is 0 Å². The van der Waals surface area contributed by atoms with Gasteiger partial charge in [0.25, 0.3) is 0 Å². The zero-order valence-electron chi connectivity index (χ0n) is 7.81.